The van der Waals surface area contributed by atoms with Crippen LogP contribution in [0, 0.1) is 17.2 Å². The predicted octanol–water partition coefficient (Wildman–Crippen LogP) is 2.11. The molecule has 1 aliphatic heterocycles. The van der Waals surface area contributed by atoms with E-state index in [1.54, 1.807) is 6.07 Å². The molecule has 1 heterocycles. The van der Waals surface area contributed by atoms with Gasteiger partial charge in [0.15, 0.2) is 0 Å². The summed E-state index contributed by atoms with van der Waals surface area (Å²) in [5.74, 6) is 0.782. The fourth-order valence-electron chi connectivity index (χ4n) is 2.72. The van der Waals surface area contributed by atoms with Crippen molar-refractivity contribution < 1.29 is 14.2 Å². The van der Waals surface area contributed by atoms with Crippen LogP contribution in [0.3, 0.4) is 0 Å². The van der Waals surface area contributed by atoms with Gasteiger partial charge in [-0.2, -0.15) is 0 Å². The van der Waals surface area contributed by atoms with E-state index in [-0.39, 0.29) is 29.9 Å². The van der Waals surface area contributed by atoms with Crippen LogP contribution in [0.4, 0.5) is 4.39 Å². The molecule has 0 saturated heterocycles. The van der Waals surface area contributed by atoms with Crippen molar-refractivity contribution >= 4 is 0 Å². The van der Waals surface area contributed by atoms with Crippen molar-refractivity contribution in [3.05, 3.63) is 29.6 Å². The molecule has 2 rings (SSSR count). The average Bonchev–Trinajstić information content (AvgIpc) is 2.77. The van der Waals surface area contributed by atoms with Crippen molar-refractivity contribution in [3.8, 4) is 5.75 Å². The molecule has 2 unspecified atom stereocenters. The van der Waals surface area contributed by atoms with Crippen LogP contribution < -0.4 is 10.5 Å². The molecule has 0 bridgehead atoms. The lowest BCUT2D eigenvalue weighted by Gasteiger charge is -2.36. The van der Waals surface area contributed by atoms with Crippen molar-refractivity contribution in [2.45, 2.75) is 32.8 Å². The fourth-order valence-corrected chi connectivity index (χ4v) is 2.72. The molecule has 19 heavy (non-hydrogen) atoms. The minimum atomic E-state index is -0.328. The lowest BCUT2D eigenvalue weighted by Crippen LogP contribution is -2.42. The minimum Gasteiger partial charge on any atom is -0.490 e. The van der Waals surface area contributed by atoms with Crippen molar-refractivity contribution in [3.63, 3.8) is 0 Å². The van der Waals surface area contributed by atoms with Crippen LogP contribution in [0.2, 0.25) is 0 Å². The summed E-state index contributed by atoms with van der Waals surface area (Å²) in [6, 6.07) is 4.60. The first kappa shape index (κ1) is 14.3. The summed E-state index contributed by atoms with van der Waals surface area (Å²) in [5.41, 5.74) is 6.42. The lowest BCUT2D eigenvalue weighted by molar-refractivity contribution is 0.0375. The molecule has 3 nitrogen and oxygen atoms in total. The van der Waals surface area contributed by atoms with Crippen LogP contribution in [0.25, 0.3) is 0 Å². The van der Waals surface area contributed by atoms with Crippen molar-refractivity contribution in [1.82, 2.24) is 0 Å². The SMILES string of the molecule is CC(C)C(CN)(CO)CC1Cc2cc(F)ccc2O1. The molecule has 0 saturated carbocycles. The van der Waals surface area contributed by atoms with Gasteiger partial charge in [-0.15, -0.1) is 0 Å². The maximum atomic E-state index is 13.2. The highest BCUT2D eigenvalue weighted by molar-refractivity contribution is 5.37. The van der Waals surface area contributed by atoms with Crippen LogP contribution in [0.1, 0.15) is 25.8 Å². The van der Waals surface area contributed by atoms with Gasteiger partial charge >= 0.3 is 0 Å². The Bertz CT molecular complexity index is 444. The van der Waals surface area contributed by atoms with Crippen LogP contribution in [0.5, 0.6) is 5.75 Å². The fraction of sp³-hybridized carbons (Fsp3) is 0.600. The van der Waals surface area contributed by atoms with E-state index >= 15 is 0 Å². The number of benzene rings is 1. The number of hydrogen-bond acceptors (Lipinski definition) is 3. The molecule has 1 aromatic carbocycles. The largest absolute Gasteiger partial charge is 0.490 e. The van der Waals surface area contributed by atoms with E-state index in [0.717, 1.165) is 11.3 Å². The summed E-state index contributed by atoms with van der Waals surface area (Å²) in [5, 5.41) is 9.67. The predicted molar refractivity (Wildman–Crippen MR) is 72.5 cm³/mol. The van der Waals surface area contributed by atoms with Crippen molar-refractivity contribution in [1.29, 1.82) is 0 Å². The van der Waals surface area contributed by atoms with Gasteiger partial charge in [-0.1, -0.05) is 13.8 Å². The smallest absolute Gasteiger partial charge is 0.123 e. The summed E-state index contributed by atoms with van der Waals surface area (Å²) in [6.45, 7) is 4.59. The summed E-state index contributed by atoms with van der Waals surface area (Å²) in [7, 11) is 0. The summed E-state index contributed by atoms with van der Waals surface area (Å²) < 4.78 is 19.0. The Labute approximate surface area is 113 Å². The third kappa shape index (κ3) is 2.74. The number of aliphatic hydroxyl groups excluding tert-OH is 1. The number of halogens is 1. The first-order valence-corrected chi connectivity index (χ1v) is 6.77. The first-order chi connectivity index (χ1) is 9.00. The zero-order valence-electron chi connectivity index (χ0n) is 11.5. The Morgan fingerprint density at radius 1 is 1.53 bits per heavy atom. The van der Waals surface area contributed by atoms with E-state index in [0.29, 0.717) is 19.4 Å². The average molecular weight is 267 g/mol. The molecule has 3 N–H and O–H groups in total. The van der Waals surface area contributed by atoms with Gasteiger partial charge in [0.05, 0.1) is 6.61 Å². The zero-order chi connectivity index (χ0) is 14.0. The Balaban J connectivity index is 2.10. The highest BCUT2D eigenvalue weighted by atomic mass is 19.1. The van der Waals surface area contributed by atoms with Crippen molar-refractivity contribution in [2.75, 3.05) is 13.2 Å². The minimum absolute atomic E-state index is 0.0325. The molecule has 0 fully saturated rings. The molecule has 4 heteroatoms. The van der Waals surface area contributed by atoms with E-state index in [1.165, 1.54) is 12.1 Å². The van der Waals surface area contributed by atoms with Gasteiger partial charge in [0, 0.05) is 23.9 Å². The second-order valence-corrected chi connectivity index (χ2v) is 5.78. The maximum Gasteiger partial charge on any atom is 0.123 e. The topological polar surface area (TPSA) is 55.5 Å². The zero-order valence-corrected chi connectivity index (χ0v) is 11.5. The van der Waals surface area contributed by atoms with E-state index in [2.05, 4.69) is 13.8 Å². The van der Waals surface area contributed by atoms with Crippen LogP contribution >= 0.6 is 0 Å². The Kier molecular flexibility index (Phi) is 4.11. The molecule has 0 aliphatic carbocycles. The molecule has 106 valence electrons. The molecule has 2 atom stereocenters. The lowest BCUT2D eigenvalue weighted by atomic mass is 9.73. The normalized spacial score (nSPS) is 21.1. The van der Waals surface area contributed by atoms with Gasteiger partial charge in [0.1, 0.15) is 17.7 Å². The van der Waals surface area contributed by atoms with E-state index < -0.39 is 0 Å². The third-order valence-corrected chi connectivity index (χ3v) is 4.34. The monoisotopic (exact) mass is 267 g/mol. The van der Waals surface area contributed by atoms with Gasteiger partial charge in [0.2, 0.25) is 0 Å². The number of fused-ring (bicyclic) bond motifs is 1. The van der Waals surface area contributed by atoms with E-state index in [4.69, 9.17) is 10.5 Å². The number of rotatable bonds is 5. The number of nitrogens with two attached hydrogens (primary N) is 1. The Morgan fingerprint density at radius 2 is 2.26 bits per heavy atom. The molecule has 0 amide bonds. The standard InChI is InChI=1S/C15H22FNO2/c1-10(2)15(8-17,9-18)7-13-6-11-5-12(16)3-4-14(11)19-13/h3-5,10,13,18H,6-9,17H2,1-2H3. The number of aliphatic hydroxyl groups is 1. The highest BCUT2D eigenvalue weighted by Gasteiger charge is 2.37. The summed E-state index contributed by atoms with van der Waals surface area (Å²) in [6.07, 6.45) is 1.34. The van der Waals surface area contributed by atoms with E-state index in [9.17, 15) is 9.50 Å². The van der Waals surface area contributed by atoms with Crippen LogP contribution in [-0.4, -0.2) is 24.4 Å². The second kappa shape index (κ2) is 5.47. The highest BCUT2D eigenvalue weighted by Crippen LogP contribution is 2.38. The van der Waals surface area contributed by atoms with Gasteiger partial charge in [-0.05, 0) is 30.5 Å². The quantitative estimate of drug-likeness (QED) is 0.859. The second-order valence-electron chi connectivity index (χ2n) is 5.78. The molecule has 1 aliphatic rings. The molecular weight excluding hydrogens is 245 g/mol. The van der Waals surface area contributed by atoms with Gasteiger partial charge in [-0.25, -0.2) is 4.39 Å². The van der Waals surface area contributed by atoms with Gasteiger partial charge in [0.25, 0.3) is 0 Å². The maximum absolute atomic E-state index is 13.2. The molecule has 0 radical (unpaired) electrons. The van der Waals surface area contributed by atoms with Crippen LogP contribution in [0.15, 0.2) is 18.2 Å². The van der Waals surface area contributed by atoms with E-state index in [1.807, 2.05) is 0 Å². The summed E-state index contributed by atoms with van der Waals surface area (Å²) >= 11 is 0. The molecule has 1 aromatic rings. The van der Waals surface area contributed by atoms with Crippen molar-refractivity contribution in [2.24, 2.45) is 17.1 Å². The molecular formula is C15H22FNO2. The Hall–Kier alpha value is -1.13. The van der Waals surface area contributed by atoms with Gasteiger partial charge < -0.3 is 15.6 Å². The summed E-state index contributed by atoms with van der Waals surface area (Å²) in [4.78, 5) is 0. The molecule has 0 spiro atoms. The number of ether oxygens (including phenoxy) is 1. The van der Waals surface area contributed by atoms with Crippen LogP contribution in [-0.2, 0) is 6.42 Å². The van der Waals surface area contributed by atoms with Gasteiger partial charge in [-0.3, -0.25) is 0 Å². The Morgan fingerprint density at radius 3 is 2.84 bits per heavy atom. The molecule has 0 aromatic heterocycles. The third-order valence-electron chi connectivity index (χ3n) is 4.34. The first-order valence-electron chi connectivity index (χ1n) is 6.77. The number of hydrogen-bond donors (Lipinski definition) is 2.